The lowest BCUT2D eigenvalue weighted by atomic mass is 10.0. The number of unbranched alkanes of at least 4 members (excludes halogenated alkanes) is 4. The summed E-state index contributed by atoms with van der Waals surface area (Å²) >= 11 is 0. The van der Waals surface area contributed by atoms with E-state index >= 15 is 0 Å². The van der Waals surface area contributed by atoms with Crippen LogP contribution in [0.4, 0.5) is 0 Å². The van der Waals surface area contributed by atoms with Crippen LogP contribution in [0.1, 0.15) is 84.5 Å². The number of rotatable bonds is 41. The van der Waals surface area contributed by atoms with Gasteiger partial charge in [0.1, 0.15) is 0 Å². The monoisotopic (exact) mass is 896 g/mol. The van der Waals surface area contributed by atoms with E-state index in [1.165, 1.54) is 0 Å². The van der Waals surface area contributed by atoms with E-state index in [2.05, 4.69) is 13.8 Å². The highest BCUT2D eigenvalue weighted by molar-refractivity contribution is 8.19. The van der Waals surface area contributed by atoms with Gasteiger partial charge in [0.15, 0.2) is 0 Å². The standard InChI is InChI=1S/C35H80N2O17S3/c1-3-5-13-31(4-2)26-54-30-35(41)25-37(24-34(40)29-53-18-12-21-57(48,49)50)15-9-7-6-8-14-36(22-32(38)27-51-16-10-19-55(42,43)44)23-33(39)28-52-17-11-20-56(45,46)47/h31-35,38-50H,3-30H2,1-2H3. The Bertz CT molecular complexity index is 889. The normalized spacial score (nSPS) is 16.6. The van der Waals surface area contributed by atoms with Gasteiger partial charge in [-0.1, -0.05) is 46.0 Å². The van der Waals surface area contributed by atoms with Gasteiger partial charge in [-0.3, -0.25) is 9.80 Å². The second-order valence-corrected chi connectivity index (χ2v) is 19.8. The number of hydrogen-bond donors (Lipinski definition) is 13. The fourth-order valence-corrected chi connectivity index (χ4v) is 7.45. The third kappa shape index (κ3) is 40.1. The maximum atomic E-state index is 10.8. The summed E-state index contributed by atoms with van der Waals surface area (Å²) in [5.41, 5.74) is 0. The lowest BCUT2D eigenvalue weighted by Gasteiger charge is -2.28. The van der Waals surface area contributed by atoms with E-state index in [1.54, 1.807) is 0 Å². The predicted molar refractivity (Wildman–Crippen MR) is 227 cm³/mol. The Hall–Kier alpha value is 0.290. The van der Waals surface area contributed by atoms with Gasteiger partial charge in [-0.25, -0.2) is 0 Å². The van der Waals surface area contributed by atoms with Crippen molar-refractivity contribution in [3.8, 4) is 0 Å². The maximum absolute atomic E-state index is 10.8. The molecule has 22 heteroatoms. The van der Waals surface area contributed by atoms with Crippen LogP contribution in [0.15, 0.2) is 0 Å². The average Bonchev–Trinajstić information content (AvgIpc) is 3.09. The summed E-state index contributed by atoms with van der Waals surface area (Å²) in [6, 6.07) is 0. The molecule has 0 spiro atoms. The summed E-state index contributed by atoms with van der Waals surface area (Å²) < 4.78 is 104. The molecule has 0 amide bonds. The van der Waals surface area contributed by atoms with Crippen molar-refractivity contribution in [1.29, 1.82) is 0 Å². The molecule has 0 heterocycles. The first-order valence-corrected chi connectivity index (χ1v) is 25.2. The molecule has 19 nitrogen and oxygen atoms in total. The quantitative estimate of drug-likeness (QED) is 0.0369. The molecule has 0 fully saturated rings. The lowest BCUT2D eigenvalue weighted by molar-refractivity contribution is -0.0164. The summed E-state index contributed by atoms with van der Waals surface area (Å²) in [7, 11) is -10.8. The Morgan fingerprint density at radius 1 is 0.421 bits per heavy atom. The fraction of sp³-hybridized carbons (Fsp3) is 1.00. The summed E-state index contributed by atoms with van der Waals surface area (Å²) in [6.45, 7) is 7.27. The third-order valence-electron chi connectivity index (χ3n) is 8.83. The van der Waals surface area contributed by atoms with Crippen LogP contribution in [-0.2, 0) is 18.9 Å². The third-order valence-corrected chi connectivity index (χ3v) is 11.3. The molecule has 0 rings (SSSR count). The van der Waals surface area contributed by atoms with Crippen molar-refractivity contribution in [1.82, 2.24) is 9.80 Å². The molecule has 0 aromatic heterocycles. The first-order valence-electron chi connectivity index (χ1n) is 20.2. The van der Waals surface area contributed by atoms with Crippen LogP contribution < -0.4 is 0 Å². The van der Waals surface area contributed by atoms with Crippen LogP contribution in [0.5, 0.6) is 0 Å². The zero-order valence-corrected chi connectivity index (χ0v) is 36.7. The van der Waals surface area contributed by atoms with Gasteiger partial charge >= 0.3 is 0 Å². The Morgan fingerprint density at radius 3 is 1.05 bits per heavy atom. The van der Waals surface area contributed by atoms with Crippen LogP contribution >= 0.6 is 32.6 Å². The molecule has 0 aromatic rings. The molecule has 0 aliphatic carbocycles. The SMILES string of the molecule is CCCCC(CC)COCC(O)CN(CCCCCCN(CC(O)COCCCS(O)(O)O)CC(O)COCCCS(O)(O)O)CC(O)COCCCS(O)(O)O. The lowest BCUT2D eigenvalue weighted by Crippen LogP contribution is -2.41. The van der Waals surface area contributed by atoms with Crippen molar-refractivity contribution in [3.05, 3.63) is 0 Å². The molecule has 0 aromatic carbocycles. The van der Waals surface area contributed by atoms with Crippen molar-refractivity contribution in [2.24, 2.45) is 5.92 Å². The highest BCUT2D eigenvalue weighted by Crippen LogP contribution is 2.34. The Kier molecular flexibility index (Phi) is 34.0. The fourth-order valence-electron chi connectivity index (χ4n) is 5.93. The molecule has 0 bridgehead atoms. The second-order valence-electron chi connectivity index (χ2n) is 14.8. The van der Waals surface area contributed by atoms with Gasteiger partial charge in [0.2, 0.25) is 0 Å². The van der Waals surface area contributed by atoms with Crippen molar-refractivity contribution in [3.63, 3.8) is 0 Å². The first-order chi connectivity index (χ1) is 26.7. The van der Waals surface area contributed by atoms with Crippen molar-refractivity contribution >= 4 is 32.6 Å². The average molecular weight is 897 g/mol. The minimum absolute atomic E-state index is 0.00183. The highest BCUT2D eigenvalue weighted by atomic mass is 32.3. The molecule has 350 valence electrons. The number of aliphatic hydroxyl groups excluding tert-OH is 4. The minimum Gasteiger partial charge on any atom is -0.389 e. The van der Waals surface area contributed by atoms with E-state index in [-0.39, 0.29) is 109 Å². The van der Waals surface area contributed by atoms with Crippen LogP contribution in [0.2, 0.25) is 0 Å². The topological polar surface area (TPSA) is 306 Å². The number of ether oxygens (including phenoxy) is 4. The predicted octanol–water partition coefficient (Wildman–Crippen LogP) is 4.72. The molecular weight excluding hydrogens is 817 g/mol. The smallest absolute Gasteiger partial charge is 0.0900 e. The molecule has 0 saturated heterocycles. The van der Waals surface area contributed by atoms with E-state index in [0.29, 0.717) is 25.6 Å². The molecule has 0 aliphatic heterocycles. The largest absolute Gasteiger partial charge is 0.389 e. The van der Waals surface area contributed by atoms with Gasteiger partial charge in [0.25, 0.3) is 0 Å². The van der Waals surface area contributed by atoms with Gasteiger partial charge in [0.05, 0.1) is 83.5 Å². The van der Waals surface area contributed by atoms with E-state index < -0.39 is 57.0 Å². The second kappa shape index (κ2) is 33.9. The summed E-state index contributed by atoms with van der Waals surface area (Å²) in [6.07, 6.45) is 4.57. The minimum atomic E-state index is -3.61. The van der Waals surface area contributed by atoms with Crippen molar-refractivity contribution < 1.29 is 80.3 Å². The van der Waals surface area contributed by atoms with Gasteiger partial charge in [0, 0.05) is 69.9 Å². The molecule has 57 heavy (non-hydrogen) atoms. The summed E-state index contributed by atoms with van der Waals surface area (Å²) in [4.78, 5) is 3.84. The van der Waals surface area contributed by atoms with Crippen LogP contribution in [0, 0.1) is 5.92 Å². The van der Waals surface area contributed by atoms with Gasteiger partial charge in [-0.15, -0.1) is 0 Å². The van der Waals surface area contributed by atoms with E-state index in [1.807, 2.05) is 9.80 Å². The summed E-state index contributed by atoms with van der Waals surface area (Å²) in [5, 5.41) is 42.7. The van der Waals surface area contributed by atoms with E-state index in [4.69, 9.17) is 59.9 Å². The number of aliphatic hydroxyl groups is 4. The highest BCUT2D eigenvalue weighted by Gasteiger charge is 2.20. The van der Waals surface area contributed by atoms with Crippen LogP contribution in [0.3, 0.4) is 0 Å². The van der Waals surface area contributed by atoms with E-state index in [0.717, 1.165) is 51.4 Å². The number of nitrogens with zero attached hydrogens (tertiary/aromatic N) is 2. The van der Waals surface area contributed by atoms with E-state index in [9.17, 15) is 20.4 Å². The Labute approximate surface area is 346 Å². The van der Waals surface area contributed by atoms with Gasteiger partial charge in [-0.05, 0) is 57.5 Å². The molecular formula is C35H80N2O17S3. The first kappa shape index (κ1) is 57.3. The molecule has 5 atom stereocenters. The molecule has 0 saturated carbocycles. The zero-order valence-electron chi connectivity index (χ0n) is 34.3. The molecule has 13 N–H and O–H groups in total. The molecule has 0 aliphatic rings. The van der Waals surface area contributed by atoms with Gasteiger partial charge in [-0.2, -0.15) is 0 Å². The number of hydrogen-bond acceptors (Lipinski definition) is 19. The van der Waals surface area contributed by atoms with Crippen LogP contribution in [0.25, 0.3) is 0 Å². The zero-order chi connectivity index (χ0) is 43.2. The molecule has 0 radical (unpaired) electrons. The van der Waals surface area contributed by atoms with Crippen molar-refractivity contribution in [2.45, 2.75) is 109 Å². The maximum Gasteiger partial charge on any atom is 0.0900 e. The Balaban J connectivity index is 5.08. The van der Waals surface area contributed by atoms with Crippen molar-refractivity contribution in [2.75, 3.05) is 109 Å². The Morgan fingerprint density at radius 2 is 0.754 bits per heavy atom. The summed E-state index contributed by atoms with van der Waals surface area (Å²) in [5.74, 6) is -0.234. The van der Waals surface area contributed by atoms with Gasteiger partial charge < -0.3 is 80.3 Å². The van der Waals surface area contributed by atoms with Crippen LogP contribution in [-0.4, -0.2) is 205 Å². The molecule has 5 unspecified atom stereocenters.